The van der Waals surface area contributed by atoms with Gasteiger partial charge in [-0.3, -0.25) is 4.79 Å². The van der Waals surface area contributed by atoms with Crippen LogP contribution in [0.3, 0.4) is 0 Å². The zero-order chi connectivity index (χ0) is 15.6. The van der Waals surface area contributed by atoms with E-state index >= 15 is 0 Å². The van der Waals surface area contributed by atoms with Crippen molar-refractivity contribution in [1.82, 2.24) is 4.90 Å². The van der Waals surface area contributed by atoms with E-state index in [0.29, 0.717) is 5.91 Å². The fourth-order valence-corrected chi connectivity index (χ4v) is 3.33. The van der Waals surface area contributed by atoms with E-state index in [-0.39, 0.29) is 16.4 Å². The molecular weight excluding hydrogens is 246 g/mol. The van der Waals surface area contributed by atoms with E-state index in [0.717, 1.165) is 38.6 Å². The lowest BCUT2D eigenvalue weighted by atomic mass is 9.65. The molecule has 1 fully saturated rings. The minimum Gasteiger partial charge on any atom is -0.337 e. The SMILES string of the molecule is CCC(C)(C)CC(C)(N1CCCCCC1=O)C(C)(C)C. The third-order valence-electron chi connectivity index (χ3n) is 5.56. The first-order valence-electron chi connectivity index (χ1n) is 8.34. The number of carbonyl (C=O) groups is 1. The van der Waals surface area contributed by atoms with Gasteiger partial charge in [0.1, 0.15) is 0 Å². The lowest BCUT2D eigenvalue weighted by Gasteiger charge is -2.53. The molecule has 0 saturated carbocycles. The van der Waals surface area contributed by atoms with Gasteiger partial charge in [0.05, 0.1) is 0 Å². The first-order valence-corrected chi connectivity index (χ1v) is 8.34. The normalized spacial score (nSPS) is 21.6. The van der Waals surface area contributed by atoms with E-state index in [4.69, 9.17) is 0 Å². The van der Waals surface area contributed by atoms with Crippen molar-refractivity contribution in [3.8, 4) is 0 Å². The topological polar surface area (TPSA) is 20.3 Å². The molecular formula is C18H35NO. The fourth-order valence-electron chi connectivity index (χ4n) is 3.33. The highest BCUT2D eigenvalue weighted by atomic mass is 16.2. The molecule has 0 aliphatic carbocycles. The Bertz CT molecular complexity index is 340. The molecule has 0 radical (unpaired) electrons. The van der Waals surface area contributed by atoms with E-state index in [2.05, 4.69) is 53.4 Å². The molecule has 1 unspecified atom stereocenters. The van der Waals surface area contributed by atoms with E-state index in [1.807, 2.05) is 0 Å². The fraction of sp³-hybridized carbons (Fsp3) is 0.944. The Morgan fingerprint density at radius 2 is 1.60 bits per heavy atom. The Kier molecular flexibility index (Phi) is 5.32. The second-order valence-corrected chi connectivity index (χ2v) is 8.57. The molecule has 2 nitrogen and oxygen atoms in total. The van der Waals surface area contributed by atoms with E-state index < -0.39 is 0 Å². The molecule has 2 heteroatoms. The van der Waals surface area contributed by atoms with Gasteiger partial charge in [-0.05, 0) is 37.0 Å². The number of nitrogens with zero attached hydrogens (tertiary/aromatic N) is 1. The molecule has 0 bridgehead atoms. The molecule has 1 atom stereocenters. The minimum atomic E-state index is -0.0616. The van der Waals surface area contributed by atoms with Crippen LogP contribution in [0.2, 0.25) is 0 Å². The third kappa shape index (κ3) is 3.77. The average Bonchev–Trinajstić information content (AvgIpc) is 2.52. The molecule has 1 rings (SSSR count). The molecule has 1 saturated heterocycles. The van der Waals surface area contributed by atoms with Crippen molar-refractivity contribution in [3.63, 3.8) is 0 Å². The number of likely N-dealkylation sites (tertiary alicyclic amines) is 1. The molecule has 1 aliphatic rings. The van der Waals surface area contributed by atoms with Gasteiger partial charge in [0.2, 0.25) is 5.91 Å². The van der Waals surface area contributed by atoms with Crippen molar-refractivity contribution in [2.75, 3.05) is 6.54 Å². The van der Waals surface area contributed by atoms with Crippen LogP contribution < -0.4 is 0 Å². The van der Waals surface area contributed by atoms with Gasteiger partial charge in [0.15, 0.2) is 0 Å². The maximum Gasteiger partial charge on any atom is 0.223 e. The monoisotopic (exact) mass is 281 g/mol. The second-order valence-electron chi connectivity index (χ2n) is 8.57. The summed E-state index contributed by atoms with van der Waals surface area (Å²) in [5.74, 6) is 0.367. The maximum absolute atomic E-state index is 12.6. The molecule has 1 amide bonds. The lowest BCUT2D eigenvalue weighted by molar-refractivity contribution is -0.143. The van der Waals surface area contributed by atoms with Crippen LogP contribution in [0.15, 0.2) is 0 Å². The Balaban J connectivity index is 3.13. The van der Waals surface area contributed by atoms with Crippen LogP contribution in [-0.2, 0) is 4.79 Å². The summed E-state index contributed by atoms with van der Waals surface area (Å²) in [6.45, 7) is 17.0. The zero-order valence-electron chi connectivity index (χ0n) is 14.8. The Morgan fingerprint density at radius 1 is 1.00 bits per heavy atom. The van der Waals surface area contributed by atoms with Crippen molar-refractivity contribution in [2.45, 2.75) is 92.5 Å². The number of amides is 1. The molecule has 118 valence electrons. The summed E-state index contributed by atoms with van der Waals surface area (Å²) < 4.78 is 0. The minimum absolute atomic E-state index is 0.0616. The van der Waals surface area contributed by atoms with E-state index in [1.165, 1.54) is 6.42 Å². The Hall–Kier alpha value is -0.530. The zero-order valence-corrected chi connectivity index (χ0v) is 14.8. The highest BCUT2D eigenvalue weighted by molar-refractivity contribution is 5.77. The predicted molar refractivity (Wildman–Crippen MR) is 86.7 cm³/mol. The van der Waals surface area contributed by atoms with Gasteiger partial charge in [0, 0.05) is 18.5 Å². The van der Waals surface area contributed by atoms with Crippen molar-refractivity contribution in [1.29, 1.82) is 0 Å². The maximum atomic E-state index is 12.6. The summed E-state index contributed by atoms with van der Waals surface area (Å²) in [4.78, 5) is 14.8. The highest BCUT2D eigenvalue weighted by Gasteiger charge is 2.47. The smallest absolute Gasteiger partial charge is 0.223 e. The van der Waals surface area contributed by atoms with Crippen molar-refractivity contribution in [3.05, 3.63) is 0 Å². The molecule has 1 heterocycles. The summed E-state index contributed by atoms with van der Waals surface area (Å²) >= 11 is 0. The van der Waals surface area contributed by atoms with Crippen LogP contribution in [0, 0.1) is 10.8 Å². The number of rotatable bonds is 4. The van der Waals surface area contributed by atoms with Gasteiger partial charge in [-0.25, -0.2) is 0 Å². The van der Waals surface area contributed by atoms with Crippen molar-refractivity contribution < 1.29 is 4.79 Å². The molecule has 0 aromatic heterocycles. The molecule has 0 aromatic carbocycles. The van der Waals surface area contributed by atoms with Gasteiger partial charge in [0.25, 0.3) is 0 Å². The summed E-state index contributed by atoms with van der Waals surface area (Å²) in [5, 5.41) is 0. The Labute approximate surface area is 126 Å². The number of hydrogen-bond acceptors (Lipinski definition) is 1. The van der Waals surface area contributed by atoms with Gasteiger partial charge < -0.3 is 4.90 Å². The first-order chi connectivity index (χ1) is 9.03. The summed E-state index contributed by atoms with van der Waals surface area (Å²) in [5.41, 5.74) is 0.308. The van der Waals surface area contributed by atoms with Crippen molar-refractivity contribution in [2.24, 2.45) is 10.8 Å². The third-order valence-corrected chi connectivity index (χ3v) is 5.56. The van der Waals surface area contributed by atoms with Crippen LogP contribution in [0.4, 0.5) is 0 Å². The summed E-state index contributed by atoms with van der Waals surface area (Å²) in [7, 11) is 0. The van der Waals surface area contributed by atoms with E-state index in [9.17, 15) is 4.79 Å². The standard InChI is InChI=1S/C18H35NO/c1-8-17(5,6)14-18(7,16(2,3)4)19-13-11-9-10-12-15(19)20/h8-14H2,1-7H3. The van der Waals surface area contributed by atoms with Crippen LogP contribution in [0.25, 0.3) is 0 Å². The van der Waals surface area contributed by atoms with Gasteiger partial charge in [-0.1, -0.05) is 54.4 Å². The Morgan fingerprint density at radius 3 is 2.10 bits per heavy atom. The summed E-state index contributed by atoms with van der Waals surface area (Å²) in [6, 6.07) is 0. The van der Waals surface area contributed by atoms with Crippen LogP contribution >= 0.6 is 0 Å². The molecule has 1 aliphatic heterocycles. The van der Waals surface area contributed by atoms with Crippen LogP contribution in [0.1, 0.15) is 87.0 Å². The number of carbonyl (C=O) groups excluding carboxylic acids is 1. The quantitative estimate of drug-likeness (QED) is 0.708. The molecule has 20 heavy (non-hydrogen) atoms. The van der Waals surface area contributed by atoms with Gasteiger partial charge >= 0.3 is 0 Å². The average molecular weight is 281 g/mol. The van der Waals surface area contributed by atoms with E-state index in [1.54, 1.807) is 0 Å². The number of hydrogen-bond donors (Lipinski definition) is 0. The van der Waals surface area contributed by atoms with Crippen LogP contribution in [-0.4, -0.2) is 22.9 Å². The summed E-state index contributed by atoms with van der Waals surface area (Å²) in [6.07, 6.45) is 6.38. The highest BCUT2D eigenvalue weighted by Crippen LogP contribution is 2.45. The van der Waals surface area contributed by atoms with Gasteiger partial charge in [-0.15, -0.1) is 0 Å². The predicted octanol–water partition coefficient (Wildman–Crippen LogP) is 5.02. The first kappa shape index (κ1) is 17.5. The molecule has 0 aromatic rings. The van der Waals surface area contributed by atoms with Crippen molar-refractivity contribution >= 4 is 5.91 Å². The second kappa shape index (κ2) is 6.07. The molecule has 0 N–H and O–H groups in total. The van der Waals surface area contributed by atoms with Crippen LogP contribution in [0.5, 0.6) is 0 Å². The largest absolute Gasteiger partial charge is 0.337 e. The van der Waals surface area contributed by atoms with Gasteiger partial charge in [-0.2, -0.15) is 0 Å². The lowest BCUT2D eigenvalue weighted by Crippen LogP contribution is -2.59. The molecule has 0 spiro atoms.